The van der Waals surface area contributed by atoms with E-state index in [0.717, 1.165) is 5.56 Å². The summed E-state index contributed by atoms with van der Waals surface area (Å²) in [5.41, 5.74) is 1.15. The molecular formula is C14H12F3NO2. The SMILES string of the molecule is OC(Cc1cccnc1)c1cccc(OC(F)(F)F)c1. The average Bonchev–Trinajstić information content (AvgIpc) is 2.38. The third kappa shape index (κ3) is 4.24. The van der Waals surface area contributed by atoms with Crippen molar-refractivity contribution in [2.24, 2.45) is 0 Å². The van der Waals surface area contributed by atoms with Crippen LogP contribution < -0.4 is 4.74 Å². The first-order valence-corrected chi connectivity index (χ1v) is 5.87. The fourth-order valence-corrected chi connectivity index (χ4v) is 1.78. The van der Waals surface area contributed by atoms with Gasteiger partial charge >= 0.3 is 6.36 Å². The summed E-state index contributed by atoms with van der Waals surface area (Å²) >= 11 is 0. The Morgan fingerprint density at radius 3 is 2.65 bits per heavy atom. The number of hydrogen-bond donors (Lipinski definition) is 1. The van der Waals surface area contributed by atoms with Crippen LogP contribution in [0.3, 0.4) is 0 Å². The van der Waals surface area contributed by atoms with Crippen molar-refractivity contribution in [2.75, 3.05) is 0 Å². The molecule has 0 aliphatic rings. The normalized spacial score (nSPS) is 13.0. The lowest BCUT2D eigenvalue weighted by Crippen LogP contribution is -2.17. The molecule has 2 rings (SSSR count). The summed E-state index contributed by atoms with van der Waals surface area (Å²) in [4.78, 5) is 3.91. The summed E-state index contributed by atoms with van der Waals surface area (Å²) in [5.74, 6) is -0.347. The number of hydrogen-bond acceptors (Lipinski definition) is 3. The van der Waals surface area contributed by atoms with Crippen molar-refractivity contribution in [3.05, 3.63) is 59.9 Å². The molecule has 106 valence electrons. The van der Waals surface area contributed by atoms with Crippen molar-refractivity contribution in [2.45, 2.75) is 18.9 Å². The summed E-state index contributed by atoms with van der Waals surface area (Å²) in [6.07, 6.45) is -2.19. The fourth-order valence-electron chi connectivity index (χ4n) is 1.78. The van der Waals surface area contributed by atoms with E-state index in [-0.39, 0.29) is 12.2 Å². The zero-order valence-corrected chi connectivity index (χ0v) is 10.3. The van der Waals surface area contributed by atoms with E-state index < -0.39 is 12.5 Å². The van der Waals surface area contributed by atoms with Crippen molar-refractivity contribution in [1.82, 2.24) is 4.98 Å². The number of aliphatic hydroxyl groups excluding tert-OH is 1. The van der Waals surface area contributed by atoms with Crippen LogP contribution in [0.25, 0.3) is 0 Å². The van der Waals surface area contributed by atoms with Gasteiger partial charge in [0, 0.05) is 18.8 Å². The summed E-state index contributed by atoms with van der Waals surface area (Å²) in [5, 5.41) is 10.0. The minimum atomic E-state index is -4.74. The zero-order chi connectivity index (χ0) is 14.6. The molecule has 2 aromatic rings. The van der Waals surface area contributed by atoms with Crippen LogP contribution in [0.4, 0.5) is 13.2 Å². The van der Waals surface area contributed by atoms with Gasteiger partial charge in [-0.05, 0) is 29.3 Å². The first-order valence-electron chi connectivity index (χ1n) is 5.87. The van der Waals surface area contributed by atoms with E-state index in [0.29, 0.717) is 5.56 Å². The number of ether oxygens (including phenoxy) is 1. The second-order valence-corrected chi connectivity index (χ2v) is 4.20. The van der Waals surface area contributed by atoms with Gasteiger partial charge in [0.1, 0.15) is 5.75 Å². The molecule has 0 radical (unpaired) electrons. The second kappa shape index (κ2) is 5.92. The Hall–Kier alpha value is -2.08. The van der Waals surface area contributed by atoms with Gasteiger partial charge in [0.15, 0.2) is 0 Å². The van der Waals surface area contributed by atoms with Gasteiger partial charge < -0.3 is 9.84 Å². The molecule has 1 N–H and O–H groups in total. The predicted octanol–water partition coefficient (Wildman–Crippen LogP) is 3.26. The predicted molar refractivity (Wildman–Crippen MR) is 66.0 cm³/mol. The van der Waals surface area contributed by atoms with Crippen LogP contribution >= 0.6 is 0 Å². The van der Waals surface area contributed by atoms with Crippen molar-refractivity contribution < 1.29 is 23.0 Å². The Kier molecular flexibility index (Phi) is 4.24. The molecule has 3 nitrogen and oxygen atoms in total. The minimum Gasteiger partial charge on any atom is -0.406 e. The number of alkyl halides is 3. The number of benzene rings is 1. The maximum Gasteiger partial charge on any atom is 0.573 e. The summed E-state index contributed by atoms with van der Waals surface area (Å²) in [6.45, 7) is 0. The highest BCUT2D eigenvalue weighted by Crippen LogP contribution is 2.26. The van der Waals surface area contributed by atoms with Gasteiger partial charge in [-0.1, -0.05) is 18.2 Å². The molecule has 0 aliphatic heterocycles. The van der Waals surface area contributed by atoms with Crippen LogP contribution in [0.2, 0.25) is 0 Å². The van der Waals surface area contributed by atoms with E-state index in [9.17, 15) is 18.3 Å². The lowest BCUT2D eigenvalue weighted by molar-refractivity contribution is -0.274. The van der Waals surface area contributed by atoms with E-state index in [2.05, 4.69) is 9.72 Å². The molecule has 0 saturated heterocycles. The van der Waals surface area contributed by atoms with E-state index in [1.165, 1.54) is 18.2 Å². The monoisotopic (exact) mass is 283 g/mol. The highest BCUT2D eigenvalue weighted by molar-refractivity contribution is 5.31. The molecular weight excluding hydrogens is 271 g/mol. The number of aromatic nitrogens is 1. The van der Waals surface area contributed by atoms with Gasteiger partial charge in [0.2, 0.25) is 0 Å². The van der Waals surface area contributed by atoms with Crippen LogP contribution in [0.15, 0.2) is 48.8 Å². The van der Waals surface area contributed by atoms with Crippen molar-refractivity contribution in [1.29, 1.82) is 0 Å². The number of rotatable bonds is 4. The second-order valence-electron chi connectivity index (χ2n) is 4.20. The molecule has 1 atom stereocenters. The van der Waals surface area contributed by atoms with Gasteiger partial charge in [0.25, 0.3) is 0 Å². The third-order valence-electron chi connectivity index (χ3n) is 2.63. The van der Waals surface area contributed by atoms with Gasteiger partial charge in [-0.25, -0.2) is 0 Å². The van der Waals surface area contributed by atoms with Crippen LogP contribution in [0, 0.1) is 0 Å². The Morgan fingerprint density at radius 1 is 1.20 bits per heavy atom. The molecule has 1 unspecified atom stereocenters. The van der Waals surface area contributed by atoms with Crippen LogP contribution in [0.1, 0.15) is 17.2 Å². The topological polar surface area (TPSA) is 42.4 Å². The highest BCUT2D eigenvalue weighted by atomic mass is 19.4. The van der Waals surface area contributed by atoms with E-state index in [4.69, 9.17) is 0 Å². The van der Waals surface area contributed by atoms with E-state index >= 15 is 0 Å². The van der Waals surface area contributed by atoms with Gasteiger partial charge in [-0.2, -0.15) is 0 Å². The van der Waals surface area contributed by atoms with Crippen LogP contribution in [0.5, 0.6) is 5.75 Å². The molecule has 0 spiro atoms. The molecule has 20 heavy (non-hydrogen) atoms. The number of halogens is 3. The molecule has 0 saturated carbocycles. The molecule has 0 aliphatic carbocycles. The third-order valence-corrected chi connectivity index (χ3v) is 2.63. The largest absolute Gasteiger partial charge is 0.573 e. The molecule has 1 aromatic heterocycles. The molecule has 6 heteroatoms. The van der Waals surface area contributed by atoms with Crippen LogP contribution in [-0.4, -0.2) is 16.5 Å². The zero-order valence-electron chi connectivity index (χ0n) is 10.3. The summed E-state index contributed by atoms with van der Waals surface area (Å²) in [6, 6.07) is 8.83. The van der Waals surface area contributed by atoms with Gasteiger partial charge in [0.05, 0.1) is 6.10 Å². The average molecular weight is 283 g/mol. The van der Waals surface area contributed by atoms with E-state index in [1.54, 1.807) is 30.6 Å². The smallest absolute Gasteiger partial charge is 0.406 e. The number of aliphatic hydroxyl groups is 1. The van der Waals surface area contributed by atoms with Crippen molar-refractivity contribution in [3.8, 4) is 5.75 Å². The van der Waals surface area contributed by atoms with E-state index in [1.807, 2.05) is 0 Å². The summed E-state index contributed by atoms with van der Waals surface area (Å²) < 4.78 is 40.2. The lowest BCUT2D eigenvalue weighted by atomic mass is 10.0. The minimum absolute atomic E-state index is 0.267. The lowest BCUT2D eigenvalue weighted by Gasteiger charge is -2.13. The van der Waals surface area contributed by atoms with Gasteiger partial charge in [-0.3, -0.25) is 4.98 Å². The standard InChI is InChI=1S/C14H12F3NO2/c15-14(16,17)20-12-5-1-4-11(8-12)13(19)7-10-3-2-6-18-9-10/h1-6,8-9,13,19H,7H2. The maximum absolute atomic E-state index is 12.1. The Bertz CT molecular complexity index is 558. The Labute approximate surface area is 113 Å². The van der Waals surface area contributed by atoms with Gasteiger partial charge in [-0.15, -0.1) is 13.2 Å². The summed E-state index contributed by atoms with van der Waals surface area (Å²) in [7, 11) is 0. The van der Waals surface area contributed by atoms with Crippen molar-refractivity contribution in [3.63, 3.8) is 0 Å². The maximum atomic E-state index is 12.1. The molecule has 0 bridgehead atoms. The van der Waals surface area contributed by atoms with Crippen LogP contribution in [-0.2, 0) is 6.42 Å². The molecule has 0 amide bonds. The number of pyridine rings is 1. The highest BCUT2D eigenvalue weighted by Gasteiger charge is 2.31. The number of nitrogens with zero attached hydrogens (tertiary/aromatic N) is 1. The Morgan fingerprint density at radius 2 is 2.00 bits per heavy atom. The Balaban J connectivity index is 2.10. The first-order chi connectivity index (χ1) is 9.44. The fraction of sp³-hybridized carbons (Fsp3) is 0.214. The molecule has 1 heterocycles. The van der Waals surface area contributed by atoms with Crippen molar-refractivity contribution >= 4 is 0 Å². The molecule has 1 aromatic carbocycles. The molecule has 0 fully saturated rings. The first kappa shape index (κ1) is 14.3. The quantitative estimate of drug-likeness (QED) is 0.936.